The van der Waals surface area contributed by atoms with E-state index in [0.29, 0.717) is 17.0 Å². The van der Waals surface area contributed by atoms with E-state index in [9.17, 15) is 4.39 Å². The Hall–Kier alpha value is -0.700. The lowest BCUT2D eigenvalue weighted by atomic mass is 10.1. The molecule has 0 saturated carbocycles. The van der Waals surface area contributed by atoms with E-state index in [-0.39, 0.29) is 5.82 Å². The summed E-state index contributed by atoms with van der Waals surface area (Å²) in [4.78, 5) is 0. The van der Waals surface area contributed by atoms with E-state index < -0.39 is 0 Å². The Balaban J connectivity index is 2.10. The molecule has 1 aromatic rings. The van der Waals surface area contributed by atoms with Crippen LogP contribution in [-0.2, 0) is 0 Å². The van der Waals surface area contributed by atoms with Gasteiger partial charge < -0.3 is 5.32 Å². The molecule has 82 valence electrons. The highest BCUT2D eigenvalue weighted by molar-refractivity contribution is 8.00. The van der Waals surface area contributed by atoms with Crippen LogP contribution >= 0.6 is 11.8 Å². The Morgan fingerprint density at radius 3 is 2.87 bits per heavy atom. The molecular weight excluding hydrogens is 209 g/mol. The highest BCUT2D eigenvalue weighted by Crippen LogP contribution is 2.30. The fourth-order valence-corrected chi connectivity index (χ4v) is 3.09. The minimum Gasteiger partial charge on any atom is -0.379 e. The zero-order chi connectivity index (χ0) is 10.8. The third-order valence-electron chi connectivity index (χ3n) is 2.77. The Bertz CT molecular complexity index is 333. The maximum absolute atomic E-state index is 13.5. The second-order valence-corrected chi connectivity index (χ2v) is 5.62. The molecule has 15 heavy (non-hydrogen) atoms. The molecule has 0 radical (unpaired) electrons. The van der Waals surface area contributed by atoms with Gasteiger partial charge in [0.15, 0.2) is 0 Å². The highest BCUT2D eigenvalue weighted by atomic mass is 32.2. The van der Waals surface area contributed by atoms with Crippen molar-refractivity contribution in [3.63, 3.8) is 0 Å². The van der Waals surface area contributed by atoms with Crippen molar-refractivity contribution in [2.45, 2.75) is 31.6 Å². The first-order valence-electron chi connectivity index (χ1n) is 5.30. The van der Waals surface area contributed by atoms with Crippen molar-refractivity contribution in [2.24, 2.45) is 0 Å². The number of benzene rings is 1. The molecule has 1 aliphatic heterocycles. The molecule has 1 heterocycles. The smallest absolute Gasteiger partial charge is 0.146 e. The van der Waals surface area contributed by atoms with E-state index in [2.05, 4.69) is 12.2 Å². The molecule has 1 saturated heterocycles. The number of thioether (sulfide) groups is 1. The summed E-state index contributed by atoms with van der Waals surface area (Å²) in [6.45, 7) is 4.16. The lowest BCUT2D eigenvalue weighted by molar-refractivity contribution is 0.623. The van der Waals surface area contributed by atoms with Crippen LogP contribution in [0.5, 0.6) is 0 Å². The maximum atomic E-state index is 13.5. The third-order valence-corrected chi connectivity index (χ3v) is 4.13. The minimum absolute atomic E-state index is 0.139. The first kappa shape index (κ1) is 10.8. The summed E-state index contributed by atoms with van der Waals surface area (Å²) in [5.41, 5.74) is 1.66. The summed E-state index contributed by atoms with van der Waals surface area (Å²) in [6.07, 6.45) is 1.12. The summed E-state index contributed by atoms with van der Waals surface area (Å²) >= 11 is 1.95. The first-order chi connectivity index (χ1) is 7.16. The van der Waals surface area contributed by atoms with Crippen molar-refractivity contribution in [1.82, 2.24) is 0 Å². The number of hydrogen-bond donors (Lipinski definition) is 1. The molecule has 0 aromatic heterocycles. The lowest BCUT2D eigenvalue weighted by Gasteiger charge is -2.15. The SMILES string of the molecule is Cc1cccc(F)c1NC1CSC(C)C1. The third kappa shape index (κ3) is 2.46. The molecule has 0 aliphatic carbocycles. The Kier molecular flexibility index (Phi) is 3.19. The molecule has 1 nitrogen and oxygen atoms in total. The molecule has 3 heteroatoms. The molecule has 1 fully saturated rings. The number of hydrogen-bond acceptors (Lipinski definition) is 2. The van der Waals surface area contributed by atoms with Crippen molar-refractivity contribution in [3.05, 3.63) is 29.6 Å². The van der Waals surface area contributed by atoms with Gasteiger partial charge in [0.1, 0.15) is 5.82 Å². The van der Waals surface area contributed by atoms with Crippen molar-refractivity contribution >= 4 is 17.4 Å². The minimum atomic E-state index is -0.139. The monoisotopic (exact) mass is 225 g/mol. The van der Waals surface area contributed by atoms with Crippen LogP contribution in [0.2, 0.25) is 0 Å². The normalized spacial score (nSPS) is 25.5. The van der Waals surface area contributed by atoms with Gasteiger partial charge in [0.2, 0.25) is 0 Å². The van der Waals surface area contributed by atoms with Crippen LogP contribution in [0.25, 0.3) is 0 Å². The number of para-hydroxylation sites is 1. The topological polar surface area (TPSA) is 12.0 Å². The fraction of sp³-hybridized carbons (Fsp3) is 0.500. The maximum Gasteiger partial charge on any atom is 0.146 e. The van der Waals surface area contributed by atoms with E-state index in [1.807, 2.05) is 24.8 Å². The quantitative estimate of drug-likeness (QED) is 0.827. The molecule has 0 amide bonds. The standard InChI is InChI=1S/C12H16FNS/c1-8-4-3-5-11(13)12(8)14-10-6-9(2)15-7-10/h3-5,9-10,14H,6-7H2,1-2H3. The van der Waals surface area contributed by atoms with Crippen molar-refractivity contribution in [2.75, 3.05) is 11.1 Å². The summed E-state index contributed by atoms with van der Waals surface area (Å²) in [5, 5.41) is 4.00. The summed E-state index contributed by atoms with van der Waals surface area (Å²) in [6, 6.07) is 5.63. The largest absolute Gasteiger partial charge is 0.379 e. The van der Waals surface area contributed by atoms with Gasteiger partial charge in [-0.15, -0.1) is 0 Å². The Morgan fingerprint density at radius 2 is 2.27 bits per heavy atom. The molecular formula is C12H16FNS. The van der Waals surface area contributed by atoms with Crippen LogP contribution in [0.3, 0.4) is 0 Å². The van der Waals surface area contributed by atoms with Crippen LogP contribution in [0.4, 0.5) is 10.1 Å². The van der Waals surface area contributed by atoms with Crippen LogP contribution in [0.1, 0.15) is 18.9 Å². The second kappa shape index (κ2) is 4.44. The predicted octanol–water partition coefficient (Wildman–Crippen LogP) is 3.44. The number of halogens is 1. The summed E-state index contributed by atoms with van der Waals surface area (Å²) in [7, 11) is 0. The van der Waals surface area contributed by atoms with Crippen LogP contribution in [0, 0.1) is 12.7 Å². The van der Waals surface area contributed by atoms with Crippen molar-refractivity contribution in [3.8, 4) is 0 Å². The fourth-order valence-electron chi connectivity index (χ4n) is 1.94. The van der Waals surface area contributed by atoms with E-state index in [1.54, 1.807) is 6.07 Å². The molecule has 2 rings (SSSR count). The molecule has 1 aromatic carbocycles. The molecule has 1 aliphatic rings. The van der Waals surface area contributed by atoms with Crippen LogP contribution < -0.4 is 5.32 Å². The average molecular weight is 225 g/mol. The van der Waals surface area contributed by atoms with Gasteiger partial charge in [-0.2, -0.15) is 11.8 Å². The number of anilines is 1. The predicted molar refractivity (Wildman–Crippen MR) is 65.1 cm³/mol. The molecule has 0 bridgehead atoms. The van der Waals surface area contributed by atoms with E-state index in [1.165, 1.54) is 6.07 Å². The highest BCUT2D eigenvalue weighted by Gasteiger charge is 2.22. The molecule has 2 unspecified atom stereocenters. The van der Waals surface area contributed by atoms with E-state index in [0.717, 1.165) is 17.7 Å². The van der Waals surface area contributed by atoms with Gasteiger partial charge >= 0.3 is 0 Å². The average Bonchev–Trinajstić information content (AvgIpc) is 2.58. The Labute approximate surface area is 94.5 Å². The van der Waals surface area contributed by atoms with Gasteiger partial charge in [0.05, 0.1) is 5.69 Å². The van der Waals surface area contributed by atoms with Crippen molar-refractivity contribution in [1.29, 1.82) is 0 Å². The Morgan fingerprint density at radius 1 is 1.47 bits per heavy atom. The zero-order valence-corrected chi connectivity index (χ0v) is 9.90. The lowest BCUT2D eigenvalue weighted by Crippen LogP contribution is -2.20. The van der Waals surface area contributed by atoms with Gasteiger partial charge in [0, 0.05) is 17.0 Å². The van der Waals surface area contributed by atoms with Gasteiger partial charge in [0.25, 0.3) is 0 Å². The van der Waals surface area contributed by atoms with Crippen LogP contribution in [-0.4, -0.2) is 17.0 Å². The molecule has 1 N–H and O–H groups in total. The number of rotatable bonds is 2. The number of aryl methyl sites for hydroxylation is 1. The molecule has 2 atom stereocenters. The van der Waals surface area contributed by atoms with E-state index in [4.69, 9.17) is 0 Å². The van der Waals surface area contributed by atoms with Crippen LogP contribution in [0.15, 0.2) is 18.2 Å². The summed E-state index contributed by atoms with van der Waals surface area (Å²) < 4.78 is 13.5. The first-order valence-corrected chi connectivity index (χ1v) is 6.35. The van der Waals surface area contributed by atoms with E-state index >= 15 is 0 Å². The van der Waals surface area contributed by atoms with Gasteiger partial charge in [-0.25, -0.2) is 4.39 Å². The number of nitrogens with one attached hydrogen (secondary N) is 1. The zero-order valence-electron chi connectivity index (χ0n) is 9.09. The van der Waals surface area contributed by atoms with Gasteiger partial charge in [-0.3, -0.25) is 0 Å². The van der Waals surface area contributed by atoms with Gasteiger partial charge in [-0.05, 0) is 25.0 Å². The van der Waals surface area contributed by atoms with Gasteiger partial charge in [-0.1, -0.05) is 19.1 Å². The summed E-state index contributed by atoms with van der Waals surface area (Å²) in [5.74, 6) is 0.939. The van der Waals surface area contributed by atoms with Crippen molar-refractivity contribution < 1.29 is 4.39 Å². The second-order valence-electron chi connectivity index (χ2n) is 4.15. The molecule has 0 spiro atoms.